The number of carbonyl (C=O) groups excluding carboxylic acids is 1. The summed E-state index contributed by atoms with van der Waals surface area (Å²) in [6, 6.07) is 8.76. The van der Waals surface area contributed by atoms with Gasteiger partial charge in [-0.25, -0.2) is 4.79 Å². The molecule has 2 rings (SSSR count). The molecule has 1 aromatic carbocycles. The van der Waals surface area contributed by atoms with Crippen molar-refractivity contribution >= 4 is 17.5 Å². The van der Waals surface area contributed by atoms with Gasteiger partial charge in [-0.05, 0) is 31.0 Å². The molecule has 1 atom stereocenters. The number of aryl methyl sites for hydroxylation is 1. The second kappa shape index (κ2) is 8.67. The molecule has 0 aliphatic heterocycles. The Hall–Kier alpha value is -2.34. The summed E-state index contributed by atoms with van der Waals surface area (Å²) in [5, 5.41) is 0.633. The van der Waals surface area contributed by atoms with Crippen molar-refractivity contribution in [3.8, 4) is 0 Å². The molecule has 0 bridgehead atoms. The first kappa shape index (κ1) is 19.0. The second-order valence-corrected chi connectivity index (χ2v) is 6.40. The van der Waals surface area contributed by atoms with Crippen molar-refractivity contribution in [1.82, 2.24) is 14.5 Å². The minimum absolute atomic E-state index is 0.0487. The van der Waals surface area contributed by atoms with Crippen molar-refractivity contribution in [3.05, 3.63) is 68.0 Å². The highest BCUT2D eigenvalue weighted by molar-refractivity contribution is 6.30. The van der Waals surface area contributed by atoms with Gasteiger partial charge in [-0.15, -0.1) is 0 Å². The number of hydrogen-bond donors (Lipinski definition) is 1. The summed E-state index contributed by atoms with van der Waals surface area (Å²) in [5.74, 6) is -0.0487. The van der Waals surface area contributed by atoms with Crippen molar-refractivity contribution in [3.63, 3.8) is 0 Å². The van der Waals surface area contributed by atoms with Crippen molar-refractivity contribution in [2.24, 2.45) is 0 Å². The second-order valence-electron chi connectivity index (χ2n) is 5.96. The molecule has 0 saturated carbocycles. The lowest BCUT2D eigenvalue weighted by Crippen LogP contribution is -2.39. The van der Waals surface area contributed by atoms with Gasteiger partial charge < -0.3 is 9.47 Å². The first-order chi connectivity index (χ1) is 11.9. The molecule has 0 fully saturated rings. The number of amides is 1. The van der Waals surface area contributed by atoms with E-state index in [1.165, 1.54) is 16.8 Å². The van der Waals surface area contributed by atoms with E-state index < -0.39 is 11.2 Å². The van der Waals surface area contributed by atoms with E-state index in [1.54, 1.807) is 11.0 Å². The third-order valence-corrected chi connectivity index (χ3v) is 4.38. The number of aromatic amines is 1. The van der Waals surface area contributed by atoms with Gasteiger partial charge in [0.15, 0.2) is 0 Å². The van der Waals surface area contributed by atoms with Gasteiger partial charge in [-0.2, -0.15) is 0 Å². The zero-order valence-electron chi connectivity index (χ0n) is 14.4. The average molecular weight is 364 g/mol. The number of benzene rings is 1. The lowest BCUT2D eigenvalue weighted by molar-refractivity contribution is -0.134. The molecule has 6 nitrogen and oxygen atoms in total. The third-order valence-electron chi connectivity index (χ3n) is 4.15. The van der Waals surface area contributed by atoms with Crippen LogP contribution in [0.1, 0.15) is 32.3 Å². The molecule has 0 aliphatic carbocycles. The maximum Gasteiger partial charge on any atom is 0.328 e. The largest absolute Gasteiger partial charge is 0.336 e. The van der Waals surface area contributed by atoms with E-state index in [9.17, 15) is 14.4 Å². The van der Waals surface area contributed by atoms with Gasteiger partial charge in [0.1, 0.15) is 0 Å². The number of carbonyl (C=O) groups is 1. The summed E-state index contributed by atoms with van der Waals surface area (Å²) in [7, 11) is 0. The molecule has 7 heteroatoms. The summed E-state index contributed by atoms with van der Waals surface area (Å²) < 4.78 is 1.33. The number of rotatable bonds is 7. The van der Waals surface area contributed by atoms with Crippen LogP contribution in [0.15, 0.2) is 46.1 Å². The van der Waals surface area contributed by atoms with Crippen molar-refractivity contribution < 1.29 is 4.79 Å². The number of hydrogen-bond acceptors (Lipinski definition) is 3. The van der Waals surface area contributed by atoms with Crippen LogP contribution in [0.2, 0.25) is 5.02 Å². The predicted molar refractivity (Wildman–Crippen MR) is 97.7 cm³/mol. The average Bonchev–Trinajstić information content (AvgIpc) is 2.58. The number of H-pyrrole nitrogens is 1. The van der Waals surface area contributed by atoms with E-state index in [-0.39, 0.29) is 24.9 Å². The topological polar surface area (TPSA) is 75.2 Å². The minimum Gasteiger partial charge on any atom is -0.336 e. The Bertz CT molecular complexity index is 844. The standard InChI is InChI=1S/C18H22ClN3O3/c1-3-13(2)22(12-14-5-4-6-15(19)11-14)17(24)8-10-21-9-7-16(23)20-18(21)25/h4-7,9,11,13H,3,8,10,12H2,1-2H3,(H,20,23,25)/t13-/m1/s1. The Morgan fingerprint density at radius 3 is 2.72 bits per heavy atom. The van der Waals surface area contributed by atoms with Gasteiger partial charge in [-0.1, -0.05) is 30.7 Å². The van der Waals surface area contributed by atoms with E-state index in [0.29, 0.717) is 11.6 Å². The molecule has 1 heterocycles. The summed E-state index contributed by atoms with van der Waals surface area (Å²) in [6.45, 7) is 4.70. The Balaban J connectivity index is 2.10. The monoisotopic (exact) mass is 363 g/mol. The smallest absolute Gasteiger partial charge is 0.328 e. The van der Waals surface area contributed by atoms with Crippen molar-refractivity contribution in [2.75, 3.05) is 0 Å². The first-order valence-corrected chi connectivity index (χ1v) is 8.62. The van der Waals surface area contributed by atoms with Crippen molar-refractivity contribution in [2.45, 2.75) is 45.8 Å². The van der Waals surface area contributed by atoms with Gasteiger partial charge in [-0.3, -0.25) is 14.6 Å². The Morgan fingerprint density at radius 1 is 1.32 bits per heavy atom. The van der Waals surface area contributed by atoms with Crippen LogP contribution in [0.4, 0.5) is 0 Å². The lowest BCUT2D eigenvalue weighted by atomic mass is 10.1. The van der Waals surface area contributed by atoms with Crippen LogP contribution in [0, 0.1) is 0 Å². The molecule has 134 valence electrons. The molecule has 1 aromatic heterocycles. The molecule has 0 unspecified atom stereocenters. The number of halogens is 1. The van der Waals surface area contributed by atoms with Crippen LogP contribution in [-0.2, 0) is 17.9 Å². The number of nitrogens with zero attached hydrogens (tertiary/aromatic N) is 2. The summed E-state index contributed by atoms with van der Waals surface area (Å²) in [4.78, 5) is 39.5. The van der Waals surface area contributed by atoms with E-state index in [0.717, 1.165) is 12.0 Å². The van der Waals surface area contributed by atoms with E-state index in [1.807, 2.05) is 32.0 Å². The molecule has 0 spiro atoms. The maximum absolute atomic E-state index is 12.7. The van der Waals surface area contributed by atoms with Crippen LogP contribution in [0.3, 0.4) is 0 Å². The molecule has 0 aliphatic rings. The molecule has 0 saturated heterocycles. The molecule has 0 radical (unpaired) electrons. The minimum atomic E-state index is -0.509. The fraction of sp³-hybridized carbons (Fsp3) is 0.389. The Labute approximate surface area is 151 Å². The Kier molecular flexibility index (Phi) is 6.58. The van der Waals surface area contributed by atoms with E-state index in [4.69, 9.17) is 11.6 Å². The highest BCUT2D eigenvalue weighted by Crippen LogP contribution is 2.16. The highest BCUT2D eigenvalue weighted by atomic mass is 35.5. The summed E-state index contributed by atoms with van der Waals surface area (Å²) in [5.41, 5.74) is 0.00218. The number of aromatic nitrogens is 2. The SMILES string of the molecule is CC[C@@H](C)N(Cc1cccc(Cl)c1)C(=O)CCn1ccc(=O)[nH]c1=O. The Morgan fingerprint density at radius 2 is 2.08 bits per heavy atom. The summed E-state index contributed by atoms with van der Waals surface area (Å²) in [6.07, 6.45) is 2.40. The normalized spacial score (nSPS) is 12.0. The molecule has 25 heavy (non-hydrogen) atoms. The summed E-state index contributed by atoms with van der Waals surface area (Å²) >= 11 is 6.02. The van der Waals surface area contributed by atoms with Gasteiger partial charge >= 0.3 is 5.69 Å². The zero-order chi connectivity index (χ0) is 18.4. The quantitative estimate of drug-likeness (QED) is 0.820. The van der Waals surface area contributed by atoms with Gasteiger partial charge in [0.05, 0.1) is 0 Å². The molecule has 1 amide bonds. The fourth-order valence-corrected chi connectivity index (χ4v) is 2.74. The van der Waals surface area contributed by atoms with Gasteiger partial charge in [0, 0.05) is 42.8 Å². The van der Waals surface area contributed by atoms with Crippen LogP contribution >= 0.6 is 11.6 Å². The van der Waals surface area contributed by atoms with Crippen LogP contribution in [-0.4, -0.2) is 26.4 Å². The molecule has 1 N–H and O–H groups in total. The third kappa shape index (κ3) is 5.32. The lowest BCUT2D eigenvalue weighted by Gasteiger charge is -2.29. The van der Waals surface area contributed by atoms with E-state index >= 15 is 0 Å². The van der Waals surface area contributed by atoms with Crippen LogP contribution in [0.5, 0.6) is 0 Å². The first-order valence-electron chi connectivity index (χ1n) is 8.24. The molecular formula is C18H22ClN3O3. The highest BCUT2D eigenvalue weighted by Gasteiger charge is 2.19. The molecule has 2 aromatic rings. The fourth-order valence-electron chi connectivity index (χ4n) is 2.52. The number of nitrogens with one attached hydrogen (secondary N) is 1. The van der Waals surface area contributed by atoms with Gasteiger partial charge in [0.2, 0.25) is 5.91 Å². The van der Waals surface area contributed by atoms with Crippen LogP contribution in [0.25, 0.3) is 0 Å². The van der Waals surface area contributed by atoms with Crippen LogP contribution < -0.4 is 11.2 Å². The van der Waals surface area contributed by atoms with Gasteiger partial charge in [0.25, 0.3) is 5.56 Å². The molecular weight excluding hydrogens is 342 g/mol. The predicted octanol–water partition coefficient (Wildman–Crippen LogP) is 2.41. The zero-order valence-corrected chi connectivity index (χ0v) is 15.1. The maximum atomic E-state index is 12.7. The van der Waals surface area contributed by atoms with Crippen molar-refractivity contribution in [1.29, 1.82) is 0 Å². The van der Waals surface area contributed by atoms with E-state index in [2.05, 4.69) is 4.98 Å².